The van der Waals surface area contributed by atoms with Crippen LogP contribution in [0.15, 0.2) is 54.7 Å². The molecule has 1 amide bonds. The number of amides is 1. The molecule has 0 bridgehead atoms. The zero-order valence-corrected chi connectivity index (χ0v) is 17.5. The Morgan fingerprint density at radius 1 is 1.20 bits per heavy atom. The Morgan fingerprint density at radius 2 is 2.03 bits per heavy atom. The molecule has 3 heterocycles. The predicted octanol–water partition coefficient (Wildman–Crippen LogP) is 5.11. The number of nitrogens with one attached hydrogen (secondary N) is 1. The number of anilines is 2. The van der Waals surface area contributed by atoms with Crippen molar-refractivity contribution in [2.24, 2.45) is 0 Å². The van der Waals surface area contributed by atoms with Gasteiger partial charge in [-0.2, -0.15) is 0 Å². The Kier molecular flexibility index (Phi) is 4.71. The van der Waals surface area contributed by atoms with Gasteiger partial charge >= 0.3 is 0 Å². The van der Waals surface area contributed by atoms with Crippen molar-refractivity contribution >= 4 is 39.0 Å². The van der Waals surface area contributed by atoms with Gasteiger partial charge in [0, 0.05) is 17.3 Å². The first-order chi connectivity index (χ1) is 14.6. The summed E-state index contributed by atoms with van der Waals surface area (Å²) in [4.78, 5) is 23.3. The first kappa shape index (κ1) is 18.8. The smallest absolute Gasteiger partial charge is 0.269 e. The summed E-state index contributed by atoms with van der Waals surface area (Å²) < 4.78 is 0. The molecule has 150 valence electrons. The maximum atomic E-state index is 12.9. The van der Waals surface area contributed by atoms with E-state index in [2.05, 4.69) is 46.7 Å². The zero-order valence-electron chi connectivity index (χ0n) is 16.7. The molecule has 0 spiro atoms. The second-order valence-electron chi connectivity index (χ2n) is 7.77. The van der Waals surface area contributed by atoms with Gasteiger partial charge in [0.15, 0.2) is 0 Å². The van der Waals surface area contributed by atoms with Crippen LogP contribution >= 0.6 is 11.3 Å². The van der Waals surface area contributed by atoms with Gasteiger partial charge < -0.3 is 11.1 Å². The second kappa shape index (κ2) is 7.54. The van der Waals surface area contributed by atoms with E-state index in [0.717, 1.165) is 40.7 Å². The molecule has 6 heteroatoms. The lowest BCUT2D eigenvalue weighted by molar-refractivity contribution is 0.103. The van der Waals surface area contributed by atoms with Crippen LogP contribution in [0.1, 0.15) is 44.4 Å². The standard InChI is InChI=1S/C24H22N4OS/c1-14-6-5-11-26-22(14)28-23(29)21-20(25)18-13-17-12-16(15-7-3-2-4-8-15)9-10-19(17)27-24(18)30-21/h2-8,11,13,16H,9-10,12,25H2,1H3,(H,26,28,29). The lowest BCUT2D eigenvalue weighted by Crippen LogP contribution is -2.14. The Bertz CT molecular complexity index is 1250. The highest BCUT2D eigenvalue weighted by molar-refractivity contribution is 7.21. The molecule has 0 radical (unpaired) electrons. The van der Waals surface area contributed by atoms with Crippen molar-refractivity contribution in [3.63, 3.8) is 0 Å². The molecule has 1 aliphatic carbocycles. The third kappa shape index (κ3) is 3.33. The number of aryl methyl sites for hydroxylation is 2. The van der Waals surface area contributed by atoms with Gasteiger partial charge in [0.1, 0.15) is 15.5 Å². The number of nitrogens with zero attached hydrogens (tertiary/aromatic N) is 2. The summed E-state index contributed by atoms with van der Waals surface area (Å²) in [6.07, 6.45) is 4.64. The minimum atomic E-state index is -0.238. The minimum absolute atomic E-state index is 0.238. The minimum Gasteiger partial charge on any atom is -0.397 e. The van der Waals surface area contributed by atoms with E-state index in [0.29, 0.717) is 22.3 Å². The fourth-order valence-electron chi connectivity index (χ4n) is 4.15. The van der Waals surface area contributed by atoms with Crippen LogP contribution in [0, 0.1) is 6.92 Å². The number of hydrogen-bond donors (Lipinski definition) is 2. The molecule has 3 aromatic heterocycles. The van der Waals surface area contributed by atoms with Crippen LogP contribution in [0.3, 0.4) is 0 Å². The number of nitrogens with two attached hydrogens (primary N) is 1. The van der Waals surface area contributed by atoms with Crippen molar-refractivity contribution < 1.29 is 4.79 Å². The van der Waals surface area contributed by atoms with E-state index in [1.807, 2.05) is 19.1 Å². The number of benzene rings is 1. The van der Waals surface area contributed by atoms with Crippen molar-refractivity contribution in [2.45, 2.75) is 32.1 Å². The van der Waals surface area contributed by atoms with E-state index in [-0.39, 0.29) is 5.91 Å². The molecule has 4 aromatic rings. The lowest BCUT2D eigenvalue weighted by atomic mass is 9.82. The molecule has 5 nitrogen and oxygen atoms in total. The average Bonchev–Trinajstić information content (AvgIpc) is 3.09. The monoisotopic (exact) mass is 414 g/mol. The molecule has 3 N–H and O–H groups in total. The topological polar surface area (TPSA) is 80.9 Å². The number of rotatable bonds is 3. The van der Waals surface area contributed by atoms with Crippen LogP contribution in [0.2, 0.25) is 0 Å². The van der Waals surface area contributed by atoms with Gasteiger partial charge in [-0.3, -0.25) is 4.79 Å². The SMILES string of the molecule is Cc1cccnc1NC(=O)c1sc2nc3c(cc2c1N)CC(c1ccccc1)CC3. The third-order valence-corrected chi connectivity index (χ3v) is 6.92. The highest BCUT2D eigenvalue weighted by Gasteiger charge is 2.24. The van der Waals surface area contributed by atoms with Gasteiger partial charge in [-0.25, -0.2) is 9.97 Å². The number of hydrogen-bond acceptors (Lipinski definition) is 5. The van der Waals surface area contributed by atoms with Gasteiger partial charge in [-0.1, -0.05) is 36.4 Å². The molecule has 1 atom stereocenters. The molecule has 0 fully saturated rings. The van der Waals surface area contributed by atoms with E-state index < -0.39 is 0 Å². The van der Waals surface area contributed by atoms with Crippen LogP contribution in [-0.2, 0) is 12.8 Å². The molecule has 5 rings (SSSR count). The number of nitrogen functional groups attached to an aromatic ring is 1. The van der Waals surface area contributed by atoms with Gasteiger partial charge in [-0.05, 0) is 60.9 Å². The predicted molar refractivity (Wildman–Crippen MR) is 122 cm³/mol. The number of carbonyl (C=O) groups excluding carboxylic acids is 1. The summed E-state index contributed by atoms with van der Waals surface area (Å²) in [6, 6.07) is 16.5. The highest BCUT2D eigenvalue weighted by atomic mass is 32.1. The fraction of sp³-hybridized carbons (Fsp3) is 0.208. The van der Waals surface area contributed by atoms with Gasteiger partial charge in [0.2, 0.25) is 0 Å². The molecule has 1 aromatic carbocycles. The van der Waals surface area contributed by atoms with E-state index >= 15 is 0 Å². The maximum Gasteiger partial charge on any atom is 0.269 e. The third-order valence-electron chi connectivity index (χ3n) is 5.80. The fourth-order valence-corrected chi connectivity index (χ4v) is 5.14. The van der Waals surface area contributed by atoms with Crippen molar-refractivity contribution in [3.05, 3.63) is 82.0 Å². The zero-order chi connectivity index (χ0) is 20.7. The number of carbonyl (C=O) groups is 1. The quantitative estimate of drug-likeness (QED) is 0.488. The summed E-state index contributed by atoms with van der Waals surface area (Å²) in [5.74, 6) is 0.808. The Morgan fingerprint density at radius 3 is 2.83 bits per heavy atom. The number of thiophene rings is 1. The Balaban J connectivity index is 1.47. The highest BCUT2D eigenvalue weighted by Crippen LogP contribution is 2.38. The van der Waals surface area contributed by atoms with Crippen LogP contribution in [0.25, 0.3) is 10.2 Å². The Hall–Kier alpha value is -3.25. The number of fused-ring (bicyclic) bond motifs is 2. The first-order valence-corrected chi connectivity index (χ1v) is 10.9. The largest absolute Gasteiger partial charge is 0.397 e. The van der Waals surface area contributed by atoms with Crippen molar-refractivity contribution in [3.8, 4) is 0 Å². The summed E-state index contributed by atoms with van der Waals surface area (Å²) >= 11 is 1.35. The second-order valence-corrected chi connectivity index (χ2v) is 8.76. The van der Waals surface area contributed by atoms with Crippen molar-refractivity contribution in [2.75, 3.05) is 11.1 Å². The first-order valence-electron chi connectivity index (χ1n) is 10.1. The van der Waals surface area contributed by atoms with Crippen LogP contribution < -0.4 is 11.1 Å². The molecule has 30 heavy (non-hydrogen) atoms. The molecule has 1 unspecified atom stereocenters. The lowest BCUT2D eigenvalue weighted by Gasteiger charge is -2.24. The molecule has 0 saturated heterocycles. The van der Waals surface area contributed by atoms with E-state index in [1.54, 1.807) is 6.20 Å². The van der Waals surface area contributed by atoms with Crippen molar-refractivity contribution in [1.29, 1.82) is 0 Å². The summed E-state index contributed by atoms with van der Waals surface area (Å²) in [7, 11) is 0. The molecule has 1 aliphatic rings. The Labute approximate surface area is 179 Å². The van der Waals surface area contributed by atoms with Gasteiger partial charge in [-0.15, -0.1) is 11.3 Å². The van der Waals surface area contributed by atoms with E-state index in [1.165, 1.54) is 22.5 Å². The summed E-state index contributed by atoms with van der Waals surface area (Å²) in [6.45, 7) is 1.91. The maximum absolute atomic E-state index is 12.9. The number of pyridine rings is 2. The van der Waals surface area contributed by atoms with Gasteiger partial charge in [0.05, 0.1) is 5.69 Å². The number of aromatic nitrogens is 2. The van der Waals surface area contributed by atoms with Crippen LogP contribution in [-0.4, -0.2) is 15.9 Å². The van der Waals surface area contributed by atoms with E-state index in [4.69, 9.17) is 10.7 Å². The molecule has 0 aliphatic heterocycles. The molecular weight excluding hydrogens is 392 g/mol. The average molecular weight is 415 g/mol. The van der Waals surface area contributed by atoms with Gasteiger partial charge in [0.25, 0.3) is 5.91 Å². The molecule has 0 saturated carbocycles. The van der Waals surface area contributed by atoms with Crippen LogP contribution in [0.4, 0.5) is 11.5 Å². The van der Waals surface area contributed by atoms with E-state index in [9.17, 15) is 4.79 Å². The molecular formula is C24H22N4OS. The normalized spacial score (nSPS) is 15.7. The van der Waals surface area contributed by atoms with Crippen molar-refractivity contribution in [1.82, 2.24) is 9.97 Å². The van der Waals surface area contributed by atoms with Crippen LogP contribution in [0.5, 0.6) is 0 Å². The summed E-state index contributed by atoms with van der Waals surface area (Å²) in [5, 5.41) is 3.75. The summed E-state index contributed by atoms with van der Waals surface area (Å²) in [5.41, 5.74) is 11.5.